The first-order valence-corrected chi connectivity index (χ1v) is 12.3. The van der Waals surface area contributed by atoms with Gasteiger partial charge in [0.05, 0.1) is 0 Å². The molecule has 0 radical (unpaired) electrons. The van der Waals surface area contributed by atoms with Crippen LogP contribution in [0.2, 0.25) is 0 Å². The smallest absolute Gasteiger partial charge is 0.217 e. The summed E-state index contributed by atoms with van der Waals surface area (Å²) in [6.07, 6.45) is 5.29. The predicted octanol–water partition coefficient (Wildman–Crippen LogP) is 6.71. The molecule has 0 aliphatic rings. The minimum atomic E-state index is -0.487. The molecule has 0 atom stereocenters. The zero-order valence-corrected chi connectivity index (χ0v) is 20.6. The normalized spacial score (nSPS) is 11.4. The van der Waals surface area contributed by atoms with E-state index in [4.69, 9.17) is 4.42 Å². The maximum Gasteiger partial charge on any atom is 0.217 e. The highest BCUT2D eigenvalue weighted by molar-refractivity contribution is 7.99. The molecule has 5 nitrogen and oxygen atoms in total. The average molecular weight is 465 g/mol. The van der Waals surface area contributed by atoms with Crippen LogP contribution in [-0.2, 0) is 11.2 Å². The average Bonchev–Trinajstić information content (AvgIpc) is 3.28. The molecule has 0 saturated heterocycles. The number of carbonyl (C=O) groups is 2. The van der Waals surface area contributed by atoms with Crippen molar-refractivity contribution in [2.75, 3.05) is 0 Å². The summed E-state index contributed by atoms with van der Waals surface area (Å²) in [5.74, 6) is 0.713. The summed E-state index contributed by atoms with van der Waals surface area (Å²) in [5.41, 5.74) is 2.06. The number of ketones is 1. The molecule has 3 rings (SSSR count). The fourth-order valence-corrected chi connectivity index (χ4v) is 4.63. The van der Waals surface area contributed by atoms with Crippen LogP contribution in [0, 0.1) is 0 Å². The maximum absolute atomic E-state index is 12.9. The minimum Gasteiger partial charge on any atom is -0.448 e. The van der Waals surface area contributed by atoms with Crippen LogP contribution in [0.15, 0.2) is 69.0 Å². The van der Waals surface area contributed by atoms with Crippen LogP contribution in [0.5, 0.6) is 0 Å². The number of nitrogens with one attached hydrogen (secondary N) is 1. The third kappa shape index (κ3) is 6.57. The van der Waals surface area contributed by atoms with Gasteiger partial charge in [-0.3, -0.25) is 9.59 Å². The highest BCUT2D eigenvalue weighted by Crippen LogP contribution is 2.30. The summed E-state index contributed by atoms with van der Waals surface area (Å²) >= 11 is 1.64. The Bertz CT molecular complexity index is 1070. The van der Waals surface area contributed by atoms with Gasteiger partial charge in [0.25, 0.3) is 0 Å². The number of aryl methyl sites for hydroxylation is 1. The van der Waals surface area contributed by atoms with E-state index in [0.717, 1.165) is 39.8 Å². The lowest BCUT2D eigenvalue weighted by molar-refractivity contribution is -0.120. The predicted molar refractivity (Wildman–Crippen MR) is 133 cm³/mol. The Kier molecular flexibility index (Phi) is 8.50. The van der Waals surface area contributed by atoms with Crippen LogP contribution >= 0.6 is 11.8 Å². The third-order valence-electron chi connectivity index (χ3n) is 5.87. The van der Waals surface area contributed by atoms with Gasteiger partial charge in [0.15, 0.2) is 11.7 Å². The van der Waals surface area contributed by atoms with E-state index in [-0.39, 0.29) is 11.7 Å². The van der Waals surface area contributed by atoms with Crippen molar-refractivity contribution in [3.05, 3.63) is 66.2 Å². The van der Waals surface area contributed by atoms with Crippen LogP contribution in [0.4, 0.5) is 0 Å². The molecule has 0 fully saturated rings. The second-order valence-corrected chi connectivity index (χ2v) is 9.44. The summed E-state index contributed by atoms with van der Waals surface area (Å²) in [7, 11) is 0. The van der Waals surface area contributed by atoms with Crippen LogP contribution < -0.4 is 5.32 Å². The zero-order chi connectivity index (χ0) is 23.8. The van der Waals surface area contributed by atoms with Crippen molar-refractivity contribution in [3.8, 4) is 11.3 Å². The van der Waals surface area contributed by atoms with E-state index in [1.807, 2.05) is 50.2 Å². The second-order valence-electron chi connectivity index (χ2n) is 8.30. The molecule has 2 aromatic carbocycles. The molecular formula is C27H32N2O3S. The van der Waals surface area contributed by atoms with Gasteiger partial charge >= 0.3 is 0 Å². The summed E-state index contributed by atoms with van der Waals surface area (Å²) in [4.78, 5) is 31.2. The van der Waals surface area contributed by atoms with Gasteiger partial charge in [-0.15, -0.1) is 0 Å². The molecule has 0 bridgehead atoms. The molecule has 1 aromatic heterocycles. The highest BCUT2D eigenvalue weighted by Gasteiger charge is 2.30. The summed E-state index contributed by atoms with van der Waals surface area (Å²) in [6, 6.07) is 15.9. The number of carbonyl (C=O) groups excluding carboxylic acids is 2. The van der Waals surface area contributed by atoms with Crippen molar-refractivity contribution in [1.82, 2.24) is 10.3 Å². The Balaban J connectivity index is 1.64. The summed E-state index contributed by atoms with van der Waals surface area (Å²) in [6.45, 7) is 7.61. The monoisotopic (exact) mass is 464 g/mol. The van der Waals surface area contributed by atoms with Crippen LogP contribution in [0.1, 0.15) is 69.6 Å². The zero-order valence-electron chi connectivity index (χ0n) is 19.8. The van der Waals surface area contributed by atoms with Crippen molar-refractivity contribution in [3.63, 3.8) is 0 Å². The molecule has 1 N–H and O–H groups in total. The number of hydrogen-bond donors (Lipinski definition) is 1. The van der Waals surface area contributed by atoms with Crippen molar-refractivity contribution < 1.29 is 14.0 Å². The highest BCUT2D eigenvalue weighted by atomic mass is 32.2. The fourth-order valence-electron chi connectivity index (χ4n) is 3.81. The van der Waals surface area contributed by atoms with Crippen molar-refractivity contribution in [2.24, 2.45) is 0 Å². The Morgan fingerprint density at radius 1 is 0.970 bits per heavy atom. The third-order valence-corrected chi connectivity index (χ3v) is 6.89. The van der Waals surface area contributed by atoms with Gasteiger partial charge in [0, 0.05) is 46.2 Å². The van der Waals surface area contributed by atoms with E-state index in [1.165, 1.54) is 6.92 Å². The molecule has 0 saturated carbocycles. The standard InChI is InChI=1S/C27H32N2O3S/c1-5-8-26-28-24(18-32-26)20-9-13-22(14-10-20)33-23-15-11-21(12-16-23)25(31)17-27(6-2,7-3)29-19(4)30/h9-16,18H,5-8,17H2,1-4H3,(H,29,30). The van der Waals surface area contributed by atoms with Gasteiger partial charge in [-0.25, -0.2) is 4.98 Å². The van der Waals surface area contributed by atoms with Gasteiger partial charge in [-0.1, -0.05) is 56.8 Å². The summed E-state index contributed by atoms with van der Waals surface area (Å²) in [5, 5.41) is 2.99. The fraction of sp³-hybridized carbons (Fsp3) is 0.370. The van der Waals surface area contributed by atoms with Gasteiger partial charge < -0.3 is 9.73 Å². The molecule has 174 valence electrons. The van der Waals surface area contributed by atoms with E-state index in [9.17, 15) is 9.59 Å². The Morgan fingerprint density at radius 3 is 2.12 bits per heavy atom. The number of oxazole rings is 1. The summed E-state index contributed by atoms with van der Waals surface area (Å²) < 4.78 is 5.51. The molecule has 1 amide bonds. The molecule has 1 heterocycles. The number of nitrogens with zero attached hydrogens (tertiary/aromatic N) is 1. The van der Waals surface area contributed by atoms with Crippen molar-refractivity contribution in [1.29, 1.82) is 0 Å². The van der Waals surface area contributed by atoms with E-state index >= 15 is 0 Å². The van der Waals surface area contributed by atoms with E-state index in [0.29, 0.717) is 24.8 Å². The molecule has 0 spiro atoms. The quantitative estimate of drug-likeness (QED) is 0.319. The van der Waals surface area contributed by atoms with Crippen LogP contribution in [-0.4, -0.2) is 22.2 Å². The lowest BCUT2D eigenvalue weighted by Gasteiger charge is -2.32. The number of benzene rings is 2. The van der Waals surface area contributed by atoms with Crippen LogP contribution in [0.3, 0.4) is 0 Å². The van der Waals surface area contributed by atoms with Gasteiger partial charge in [-0.05, 0) is 43.5 Å². The second kappa shape index (κ2) is 11.3. The van der Waals surface area contributed by atoms with Gasteiger partial charge in [0.2, 0.25) is 5.91 Å². The molecule has 0 unspecified atom stereocenters. The lowest BCUT2D eigenvalue weighted by atomic mass is 9.85. The minimum absolute atomic E-state index is 0.0448. The Morgan fingerprint density at radius 2 is 1.58 bits per heavy atom. The lowest BCUT2D eigenvalue weighted by Crippen LogP contribution is -2.48. The molecule has 6 heteroatoms. The molecule has 0 aliphatic carbocycles. The van der Waals surface area contributed by atoms with Crippen LogP contribution in [0.25, 0.3) is 11.3 Å². The first-order chi connectivity index (χ1) is 15.9. The SMILES string of the molecule is CCCc1nc(-c2ccc(Sc3ccc(C(=O)CC(CC)(CC)NC(C)=O)cc3)cc2)co1. The number of hydrogen-bond acceptors (Lipinski definition) is 5. The first kappa shape index (κ1) is 24.8. The van der Waals surface area contributed by atoms with Gasteiger partial charge in [-0.2, -0.15) is 0 Å². The number of aromatic nitrogens is 1. The number of rotatable bonds is 11. The molecule has 33 heavy (non-hydrogen) atoms. The molecule has 0 aliphatic heterocycles. The first-order valence-electron chi connectivity index (χ1n) is 11.5. The van der Waals surface area contributed by atoms with Crippen molar-refractivity contribution in [2.45, 2.75) is 75.1 Å². The topological polar surface area (TPSA) is 72.2 Å². The number of Topliss-reactive ketones (excluding diaryl/α,β-unsaturated/α-hetero) is 1. The molecular weight excluding hydrogens is 432 g/mol. The number of amides is 1. The Labute approximate surface area is 200 Å². The van der Waals surface area contributed by atoms with E-state index in [2.05, 4.69) is 29.4 Å². The van der Waals surface area contributed by atoms with E-state index in [1.54, 1.807) is 18.0 Å². The van der Waals surface area contributed by atoms with Gasteiger partial charge in [0.1, 0.15) is 12.0 Å². The largest absolute Gasteiger partial charge is 0.448 e. The van der Waals surface area contributed by atoms with E-state index < -0.39 is 5.54 Å². The molecule has 3 aromatic rings. The maximum atomic E-state index is 12.9. The van der Waals surface area contributed by atoms with Crippen molar-refractivity contribution >= 4 is 23.5 Å². The Hall–Kier alpha value is -2.86.